The highest BCUT2D eigenvalue weighted by atomic mass is 16.1. The molecule has 1 heterocycles. The van der Waals surface area contributed by atoms with Crippen LogP contribution >= 0.6 is 0 Å². The monoisotopic (exact) mass is 274 g/mol. The lowest BCUT2D eigenvalue weighted by atomic mass is 10.1. The quantitative estimate of drug-likeness (QED) is 0.733. The number of carbonyl (C=O) groups excluding carboxylic acids is 1. The Morgan fingerprint density at radius 3 is 2.70 bits per heavy atom. The molecule has 0 amide bonds. The van der Waals surface area contributed by atoms with Crippen molar-refractivity contribution in [3.63, 3.8) is 0 Å². The molecule has 1 fully saturated rings. The summed E-state index contributed by atoms with van der Waals surface area (Å²) >= 11 is 0. The minimum Gasteiger partial charge on any atom is -0.354 e. The molecule has 1 aliphatic carbocycles. The highest BCUT2D eigenvalue weighted by Crippen LogP contribution is 2.28. The second-order valence-electron chi connectivity index (χ2n) is 6.27. The summed E-state index contributed by atoms with van der Waals surface area (Å²) in [4.78, 5) is 18.5. The first-order valence-corrected chi connectivity index (χ1v) is 7.81. The van der Waals surface area contributed by atoms with E-state index in [0.29, 0.717) is 12.0 Å². The van der Waals surface area contributed by atoms with E-state index in [1.807, 2.05) is 6.07 Å². The molecule has 0 saturated heterocycles. The molecular weight excluding hydrogens is 248 g/mol. The maximum absolute atomic E-state index is 11.6. The Morgan fingerprint density at radius 2 is 2.10 bits per heavy atom. The molecule has 0 radical (unpaired) electrons. The minimum atomic E-state index is 0.115. The van der Waals surface area contributed by atoms with Crippen LogP contribution in [0.1, 0.15) is 63.2 Å². The zero-order chi connectivity index (χ0) is 14.5. The van der Waals surface area contributed by atoms with E-state index in [1.54, 1.807) is 19.2 Å². The van der Waals surface area contributed by atoms with Gasteiger partial charge in [-0.05, 0) is 44.2 Å². The maximum Gasteiger partial charge on any atom is 0.159 e. The number of Topliss-reactive ketones (excluding diaryl/α,β-unsaturated/α-hetero) is 1. The molecule has 0 unspecified atom stereocenters. The molecular formula is C17H26N2O. The average molecular weight is 274 g/mol. The van der Waals surface area contributed by atoms with Gasteiger partial charge in [0.1, 0.15) is 5.82 Å². The van der Waals surface area contributed by atoms with Gasteiger partial charge in [0.2, 0.25) is 0 Å². The number of aromatic nitrogens is 1. The Hall–Kier alpha value is -1.38. The highest BCUT2D eigenvalue weighted by molar-refractivity contribution is 5.94. The van der Waals surface area contributed by atoms with E-state index in [0.717, 1.165) is 17.9 Å². The van der Waals surface area contributed by atoms with Crippen molar-refractivity contribution in [2.45, 2.75) is 58.9 Å². The minimum absolute atomic E-state index is 0.115. The molecule has 0 aromatic carbocycles. The summed E-state index contributed by atoms with van der Waals surface area (Å²) in [5.74, 6) is 1.78. The number of hydrogen-bond donors (Lipinski definition) is 0. The Bertz CT molecular complexity index is 450. The summed E-state index contributed by atoms with van der Waals surface area (Å²) in [6, 6.07) is 4.37. The third kappa shape index (κ3) is 3.81. The van der Waals surface area contributed by atoms with Crippen molar-refractivity contribution >= 4 is 11.6 Å². The maximum atomic E-state index is 11.6. The molecule has 0 aliphatic heterocycles. The Kier molecular flexibility index (Phi) is 5.16. The summed E-state index contributed by atoms with van der Waals surface area (Å²) in [6.07, 6.45) is 8.07. The third-order valence-corrected chi connectivity index (χ3v) is 4.16. The molecule has 3 heteroatoms. The first kappa shape index (κ1) is 15.0. The van der Waals surface area contributed by atoms with Crippen LogP contribution in [-0.2, 0) is 0 Å². The third-order valence-electron chi connectivity index (χ3n) is 4.16. The SMILES string of the molecule is CC(=O)c1ccnc(N(CCC(C)C)C2CCCC2)c1. The molecule has 1 aliphatic rings. The van der Waals surface area contributed by atoms with Crippen molar-refractivity contribution in [3.8, 4) is 0 Å². The number of rotatable bonds is 6. The van der Waals surface area contributed by atoms with Crippen molar-refractivity contribution in [1.29, 1.82) is 0 Å². The molecule has 1 aromatic rings. The molecule has 0 bridgehead atoms. The molecule has 2 rings (SSSR count). The summed E-state index contributed by atoms with van der Waals surface area (Å²) in [6.45, 7) is 7.17. The first-order valence-electron chi connectivity index (χ1n) is 7.81. The molecule has 1 saturated carbocycles. The second kappa shape index (κ2) is 6.87. The van der Waals surface area contributed by atoms with E-state index in [9.17, 15) is 4.79 Å². The zero-order valence-corrected chi connectivity index (χ0v) is 12.9. The fraction of sp³-hybridized carbons (Fsp3) is 0.647. The van der Waals surface area contributed by atoms with E-state index >= 15 is 0 Å². The van der Waals surface area contributed by atoms with Gasteiger partial charge in [0, 0.05) is 24.3 Å². The standard InChI is InChI=1S/C17H26N2O/c1-13(2)9-11-19(16-6-4-5-7-16)17-12-15(14(3)20)8-10-18-17/h8,10,12-13,16H,4-7,9,11H2,1-3H3. The lowest BCUT2D eigenvalue weighted by Gasteiger charge is -2.31. The Morgan fingerprint density at radius 1 is 1.40 bits per heavy atom. The van der Waals surface area contributed by atoms with Crippen LogP contribution in [0.25, 0.3) is 0 Å². The van der Waals surface area contributed by atoms with Gasteiger partial charge in [-0.3, -0.25) is 4.79 Å². The van der Waals surface area contributed by atoms with E-state index < -0.39 is 0 Å². The van der Waals surface area contributed by atoms with Crippen LogP contribution in [0.5, 0.6) is 0 Å². The predicted octanol–water partition coefficient (Wildman–Crippen LogP) is 4.08. The van der Waals surface area contributed by atoms with Gasteiger partial charge in [0.05, 0.1) is 0 Å². The van der Waals surface area contributed by atoms with Crippen LogP contribution in [0.4, 0.5) is 5.82 Å². The second-order valence-corrected chi connectivity index (χ2v) is 6.27. The van der Waals surface area contributed by atoms with Crippen molar-refractivity contribution in [2.75, 3.05) is 11.4 Å². The fourth-order valence-electron chi connectivity index (χ4n) is 2.89. The predicted molar refractivity (Wildman–Crippen MR) is 83.3 cm³/mol. The number of nitrogens with zero attached hydrogens (tertiary/aromatic N) is 2. The van der Waals surface area contributed by atoms with Gasteiger partial charge >= 0.3 is 0 Å². The van der Waals surface area contributed by atoms with Crippen LogP contribution < -0.4 is 4.90 Å². The molecule has 20 heavy (non-hydrogen) atoms. The molecule has 0 N–H and O–H groups in total. The van der Waals surface area contributed by atoms with Crippen molar-refractivity contribution < 1.29 is 4.79 Å². The lowest BCUT2D eigenvalue weighted by Crippen LogP contribution is -2.35. The van der Waals surface area contributed by atoms with Gasteiger partial charge in [0.15, 0.2) is 5.78 Å². The number of anilines is 1. The van der Waals surface area contributed by atoms with Gasteiger partial charge in [-0.15, -0.1) is 0 Å². The highest BCUT2D eigenvalue weighted by Gasteiger charge is 2.24. The number of hydrogen-bond acceptors (Lipinski definition) is 3. The summed E-state index contributed by atoms with van der Waals surface area (Å²) in [5.41, 5.74) is 0.766. The topological polar surface area (TPSA) is 33.2 Å². The van der Waals surface area contributed by atoms with Crippen LogP contribution in [-0.4, -0.2) is 23.4 Å². The van der Waals surface area contributed by atoms with Crippen LogP contribution in [0.15, 0.2) is 18.3 Å². The van der Waals surface area contributed by atoms with E-state index in [2.05, 4.69) is 23.7 Å². The fourth-order valence-corrected chi connectivity index (χ4v) is 2.89. The van der Waals surface area contributed by atoms with E-state index in [1.165, 1.54) is 32.1 Å². The lowest BCUT2D eigenvalue weighted by molar-refractivity contribution is 0.101. The molecule has 0 spiro atoms. The number of pyridine rings is 1. The summed E-state index contributed by atoms with van der Waals surface area (Å²) < 4.78 is 0. The molecule has 3 nitrogen and oxygen atoms in total. The van der Waals surface area contributed by atoms with Crippen molar-refractivity contribution in [1.82, 2.24) is 4.98 Å². The summed E-state index contributed by atoms with van der Waals surface area (Å²) in [5, 5.41) is 0. The smallest absolute Gasteiger partial charge is 0.159 e. The first-order chi connectivity index (χ1) is 9.58. The van der Waals surface area contributed by atoms with Crippen molar-refractivity contribution in [2.24, 2.45) is 5.92 Å². The molecule has 110 valence electrons. The van der Waals surface area contributed by atoms with Crippen molar-refractivity contribution in [3.05, 3.63) is 23.9 Å². The molecule has 1 aromatic heterocycles. The summed E-state index contributed by atoms with van der Waals surface area (Å²) in [7, 11) is 0. The zero-order valence-electron chi connectivity index (χ0n) is 12.9. The number of ketones is 1. The van der Waals surface area contributed by atoms with Crippen LogP contribution in [0.2, 0.25) is 0 Å². The Balaban J connectivity index is 2.20. The van der Waals surface area contributed by atoms with E-state index in [4.69, 9.17) is 0 Å². The average Bonchev–Trinajstić information content (AvgIpc) is 2.93. The van der Waals surface area contributed by atoms with Gasteiger partial charge in [0.25, 0.3) is 0 Å². The normalized spacial score (nSPS) is 15.8. The van der Waals surface area contributed by atoms with Gasteiger partial charge in [-0.1, -0.05) is 26.7 Å². The van der Waals surface area contributed by atoms with Crippen LogP contribution in [0.3, 0.4) is 0 Å². The van der Waals surface area contributed by atoms with Gasteiger partial charge in [-0.25, -0.2) is 4.98 Å². The largest absolute Gasteiger partial charge is 0.354 e. The van der Waals surface area contributed by atoms with Gasteiger partial charge in [-0.2, -0.15) is 0 Å². The van der Waals surface area contributed by atoms with Crippen LogP contribution in [0, 0.1) is 5.92 Å². The van der Waals surface area contributed by atoms with E-state index in [-0.39, 0.29) is 5.78 Å². The Labute approximate surface area is 122 Å². The van der Waals surface area contributed by atoms with Gasteiger partial charge < -0.3 is 4.90 Å². The number of carbonyl (C=O) groups is 1. The molecule has 0 atom stereocenters.